The highest BCUT2D eigenvalue weighted by molar-refractivity contribution is 5.30. The van der Waals surface area contributed by atoms with Crippen LogP contribution in [0.5, 0.6) is 11.6 Å². The molecule has 1 aromatic heterocycles. The van der Waals surface area contributed by atoms with Crippen LogP contribution >= 0.6 is 0 Å². The highest BCUT2D eigenvalue weighted by atomic mass is 19.1. The van der Waals surface area contributed by atoms with Crippen LogP contribution in [0.25, 0.3) is 0 Å². The first-order valence-electron chi connectivity index (χ1n) is 5.30. The molecule has 0 saturated heterocycles. The van der Waals surface area contributed by atoms with Gasteiger partial charge in [-0.25, -0.2) is 9.37 Å². The zero-order valence-electron chi connectivity index (χ0n) is 9.43. The maximum Gasteiger partial charge on any atom is 0.219 e. The summed E-state index contributed by atoms with van der Waals surface area (Å²) in [5.41, 5.74) is 6.68. The lowest BCUT2D eigenvalue weighted by atomic mass is 10.1. The van der Waals surface area contributed by atoms with Crippen LogP contribution in [0.3, 0.4) is 0 Å². The Balaban J connectivity index is 2.21. The molecule has 2 N–H and O–H groups in total. The molecular weight excluding hydrogens is 219 g/mol. The summed E-state index contributed by atoms with van der Waals surface area (Å²) in [5, 5.41) is 0. The van der Waals surface area contributed by atoms with E-state index in [1.807, 2.05) is 13.0 Å². The zero-order chi connectivity index (χ0) is 12.3. The lowest BCUT2D eigenvalue weighted by Crippen LogP contribution is -2.05. The Hall–Kier alpha value is -1.94. The molecule has 0 amide bonds. The molecule has 2 aromatic rings. The van der Waals surface area contributed by atoms with Gasteiger partial charge in [0, 0.05) is 24.4 Å². The van der Waals surface area contributed by atoms with Crippen molar-refractivity contribution < 1.29 is 9.13 Å². The van der Waals surface area contributed by atoms with Gasteiger partial charge in [0.25, 0.3) is 0 Å². The van der Waals surface area contributed by atoms with Crippen molar-refractivity contribution in [3.63, 3.8) is 0 Å². The second-order valence-corrected chi connectivity index (χ2v) is 3.78. The summed E-state index contributed by atoms with van der Waals surface area (Å²) in [4.78, 5) is 4.05. The normalized spacial score (nSPS) is 12.2. The maximum absolute atomic E-state index is 13.0. The Kier molecular flexibility index (Phi) is 3.35. The average Bonchev–Trinajstić information content (AvgIpc) is 2.29. The summed E-state index contributed by atoms with van der Waals surface area (Å²) in [6, 6.07) is 9.40. The van der Waals surface area contributed by atoms with Gasteiger partial charge in [-0.2, -0.15) is 0 Å². The van der Waals surface area contributed by atoms with E-state index in [1.54, 1.807) is 24.4 Å². The maximum atomic E-state index is 13.0. The molecule has 1 atom stereocenters. The number of hydrogen-bond acceptors (Lipinski definition) is 3. The van der Waals surface area contributed by atoms with E-state index in [9.17, 15) is 4.39 Å². The molecule has 0 aliphatic heterocycles. The van der Waals surface area contributed by atoms with E-state index in [4.69, 9.17) is 10.5 Å². The third kappa shape index (κ3) is 3.01. The Labute approximate surface area is 99.1 Å². The number of rotatable bonds is 3. The first-order chi connectivity index (χ1) is 8.15. The minimum absolute atomic E-state index is 0.0899. The topological polar surface area (TPSA) is 48.1 Å². The van der Waals surface area contributed by atoms with Crippen molar-refractivity contribution >= 4 is 0 Å². The number of aromatic nitrogens is 1. The van der Waals surface area contributed by atoms with Crippen molar-refractivity contribution in [2.24, 2.45) is 5.73 Å². The second-order valence-electron chi connectivity index (χ2n) is 3.78. The molecule has 17 heavy (non-hydrogen) atoms. The molecular formula is C13H13FN2O. The summed E-state index contributed by atoms with van der Waals surface area (Å²) >= 11 is 0. The van der Waals surface area contributed by atoms with Gasteiger partial charge in [0.15, 0.2) is 0 Å². The number of pyridine rings is 1. The van der Waals surface area contributed by atoms with Crippen LogP contribution in [0, 0.1) is 5.82 Å². The Morgan fingerprint density at radius 2 is 2.12 bits per heavy atom. The number of nitrogens with zero attached hydrogens (tertiary/aromatic N) is 1. The fraction of sp³-hybridized carbons (Fsp3) is 0.154. The molecule has 0 aliphatic carbocycles. The van der Waals surface area contributed by atoms with Gasteiger partial charge in [0.1, 0.15) is 11.6 Å². The van der Waals surface area contributed by atoms with Gasteiger partial charge in [0.2, 0.25) is 5.88 Å². The number of nitrogens with two attached hydrogens (primary N) is 1. The summed E-state index contributed by atoms with van der Waals surface area (Å²) in [7, 11) is 0. The van der Waals surface area contributed by atoms with Crippen molar-refractivity contribution in [1.82, 2.24) is 4.98 Å². The molecule has 1 heterocycles. The number of benzene rings is 1. The number of ether oxygens (including phenoxy) is 1. The van der Waals surface area contributed by atoms with Gasteiger partial charge < -0.3 is 10.5 Å². The minimum Gasteiger partial charge on any atom is -0.439 e. The molecule has 0 bridgehead atoms. The van der Waals surface area contributed by atoms with E-state index in [-0.39, 0.29) is 11.9 Å². The van der Waals surface area contributed by atoms with Gasteiger partial charge >= 0.3 is 0 Å². The molecule has 0 fully saturated rings. The zero-order valence-corrected chi connectivity index (χ0v) is 9.43. The predicted molar refractivity (Wildman–Crippen MR) is 63.3 cm³/mol. The second kappa shape index (κ2) is 4.93. The first-order valence-corrected chi connectivity index (χ1v) is 5.30. The minimum atomic E-state index is -0.342. The van der Waals surface area contributed by atoms with Crippen LogP contribution in [0.15, 0.2) is 42.6 Å². The van der Waals surface area contributed by atoms with Gasteiger partial charge in [-0.15, -0.1) is 0 Å². The number of hydrogen-bond donors (Lipinski definition) is 1. The quantitative estimate of drug-likeness (QED) is 0.884. The van der Waals surface area contributed by atoms with Crippen molar-refractivity contribution in [3.05, 3.63) is 54.0 Å². The van der Waals surface area contributed by atoms with E-state index in [0.717, 1.165) is 5.56 Å². The third-order valence-electron chi connectivity index (χ3n) is 2.30. The largest absolute Gasteiger partial charge is 0.439 e. The fourth-order valence-electron chi connectivity index (χ4n) is 1.42. The van der Waals surface area contributed by atoms with Crippen LogP contribution in [0.2, 0.25) is 0 Å². The molecule has 0 spiro atoms. The van der Waals surface area contributed by atoms with Crippen molar-refractivity contribution in [1.29, 1.82) is 0 Å². The highest BCUT2D eigenvalue weighted by Crippen LogP contribution is 2.22. The van der Waals surface area contributed by atoms with Crippen LogP contribution in [0.1, 0.15) is 18.5 Å². The number of halogens is 1. The van der Waals surface area contributed by atoms with E-state index in [1.165, 1.54) is 12.1 Å². The van der Waals surface area contributed by atoms with Crippen molar-refractivity contribution in [3.8, 4) is 11.6 Å². The Morgan fingerprint density at radius 3 is 2.82 bits per heavy atom. The SMILES string of the molecule is CC(N)c1ccnc(Oc2cccc(F)c2)c1. The Bertz CT molecular complexity index is 514. The standard InChI is InChI=1S/C13H13FN2O/c1-9(15)10-5-6-16-13(7-10)17-12-4-2-3-11(14)8-12/h2-9H,15H2,1H3. The van der Waals surface area contributed by atoms with E-state index in [2.05, 4.69) is 4.98 Å². The molecule has 0 aliphatic rings. The highest BCUT2D eigenvalue weighted by Gasteiger charge is 2.04. The smallest absolute Gasteiger partial charge is 0.219 e. The first kappa shape index (κ1) is 11.5. The lowest BCUT2D eigenvalue weighted by Gasteiger charge is -2.08. The summed E-state index contributed by atoms with van der Waals surface area (Å²) in [6.07, 6.45) is 1.62. The fourth-order valence-corrected chi connectivity index (χ4v) is 1.42. The Morgan fingerprint density at radius 1 is 1.29 bits per heavy atom. The van der Waals surface area contributed by atoms with Gasteiger partial charge in [-0.3, -0.25) is 0 Å². The lowest BCUT2D eigenvalue weighted by molar-refractivity contribution is 0.457. The van der Waals surface area contributed by atoms with Crippen molar-refractivity contribution in [2.75, 3.05) is 0 Å². The molecule has 1 unspecified atom stereocenters. The van der Waals surface area contributed by atoms with E-state index >= 15 is 0 Å². The van der Waals surface area contributed by atoms with Gasteiger partial charge in [0.05, 0.1) is 0 Å². The molecule has 3 nitrogen and oxygen atoms in total. The summed E-state index contributed by atoms with van der Waals surface area (Å²) in [5.74, 6) is 0.482. The van der Waals surface area contributed by atoms with Gasteiger partial charge in [-0.1, -0.05) is 6.07 Å². The summed E-state index contributed by atoms with van der Waals surface area (Å²) in [6.45, 7) is 1.88. The van der Waals surface area contributed by atoms with Crippen LogP contribution < -0.4 is 10.5 Å². The average molecular weight is 232 g/mol. The molecule has 0 saturated carbocycles. The van der Waals surface area contributed by atoms with Crippen molar-refractivity contribution in [2.45, 2.75) is 13.0 Å². The predicted octanol–water partition coefficient (Wildman–Crippen LogP) is 3.03. The molecule has 1 aromatic carbocycles. The monoisotopic (exact) mass is 232 g/mol. The molecule has 4 heteroatoms. The van der Waals surface area contributed by atoms with Crippen LogP contribution in [-0.2, 0) is 0 Å². The van der Waals surface area contributed by atoms with Gasteiger partial charge in [-0.05, 0) is 30.7 Å². The summed E-state index contributed by atoms with van der Waals surface area (Å²) < 4.78 is 18.4. The molecule has 0 radical (unpaired) electrons. The van der Waals surface area contributed by atoms with Crippen LogP contribution in [-0.4, -0.2) is 4.98 Å². The molecule has 88 valence electrons. The van der Waals surface area contributed by atoms with E-state index < -0.39 is 0 Å². The van der Waals surface area contributed by atoms with E-state index in [0.29, 0.717) is 11.6 Å². The third-order valence-corrected chi connectivity index (χ3v) is 2.30. The molecule has 2 rings (SSSR count). The van der Waals surface area contributed by atoms with Crippen LogP contribution in [0.4, 0.5) is 4.39 Å².